The topological polar surface area (TPSA) is 49.4 Å². The van der Waals surface area contributed by atoms with Crippen molar-refractivity contribution in [2.45, 2.75) is 0 Å². The second kappa shape index (κ2) is 6.30. The van der Waals surface area contributed by atoms with Crippen LogP contribution in [0.25, 0.3) is 0 Å². The maximum Gasteiger partial charge on any atom is 0.253 e. The minimum Gasteiger partial charge on any atom is -0.345 e. The molecule has 4 nitrogen and oxygen atoms in total. The van der Waals surface area contributed by atoms with Gasteiger partial charge in [0.05, 0.1) is 5.75 Å². The first kappa shape index (κ1) is 13.6. The Labute approximate surface area is 105 Å². The lowest BCUT2D eigenvalue weighted by atomic mass is 10.2. The van der Waals surface area contributed by atoms with E-state index in [0.29, 0.717) is 17.0 Å². The number of benzene rings is 1. The molecule has 2 amide bonds. The van der Waals surface area contributed by atoms with E-state index in [1.807, 2.05) is 6.26 Å². The van der Waals surface area contributed by atoms with Crippen LogP contribution in [0.15, 0.2) is 24.3 Å². The minimum atomic E-state index is -0.0778. The molecule has 0 atom stereocenters. The fourth-order valence-corrected chi connectivity index (χ4v) is 1.65. The lowest BCUT2D eigenvalue weighted by molar-refractivity contribution is -0.113. The first-order valence-corrected chi connectivity index (χ1v) is 6.54. The summed E-state index contributed by atoms with van der Waals surface area (Å²) in [6.07, 6.45) is 1.87. The van der Waals surface area contributed by atoms with Crippen molar-refractivity contribution in [2.24, 2.45) is 0 Å². The fourth-order valence-electron chi connectivity index (χ4n) is 1.32. The lowest BCUT2D eigenvalue weighted by Crippen LogP contribution is -2.22. The Morgan fingerprint density at radius 1 is 1.35 bits per heavy atom. The van der Waals surface area contributed by atoms with E-state index in [-0.39, 0.29) is 11.8 Å². The molecule has 5 heteroatoms. The Morgan fingerprint density at radius 3 is 2.65 bits per heavy atom. The Morgan fingerprint density at radius 2 is 2.06 bits per heavy atom. The van der Waals surface area contributed by atoms with Crippen LogP contribution in [0.1, 0.15) is 10.4 Å². The van der Waals surface area contributed by atoms with Crippen LogP contribution in [0.3, 0.4) is 0 Å². The zero-order valence-electron chi connectivity index (χ0n) is 10.2. The number of anilines is 1. The molecule has 0 aliphatic rings. The molecule has 0 aliphatic heterocycles. The van der Waals surface area contributed by atoms with E-state index in [0.717, 1.165) is 0 Å². The van der Waals surface area contributed by atoms with Gasteiger partial charge < -0.3 is 10.2 Å². The molecule has 0 bridgehead atoms. The van der Waals surface area contributed by atoms with Gasteiger partial charge in [-0.2, -0.15) is 11.8 Å². The van der Waals surface area contributed by atoms with Crippen molar-refractivity contribution < 1.29 is 9.59 Å². The average molecular weight is 252 g/mol. The number of thioether (sulfide) groups is 1. The monoisotopic (exact) mass is 252 g/mol. The van der Waals surface area contributed by atoms with Crippen molar-refractivity contribution in [1.82, 2.24) is 4.90 Å². The summed E-state index contributed by atoms with van der Waals surface area (Å²) in [5.74, 6) is 0.268. The molecule has 1 N–H and O–H groups in total. The quantitative estimate of drug-likeness (QED) is 0.887. The van der Waals surface area contributed by atoms with Gasteiger partial charge in [0.15, 0.2) is 0 Å². The third kappa shape index (κ3) is 4.11. The number of nitrogens with zero attached hydrogens (tertiary/aromatic N) is 1. The van der Waals surface area contributed by atoms with Gasteiger partial charge in [0.2, 0.25) is 5.91 Å². The highest BCUT2D eigenvalue weighted by molar-refractivity contribution is 7.99. The highest BCUT2D eigenvalue weighted by atomic mass is 32.2. The Balaban J connectivity index is 2.79. The van der Waals surface area contributed by atoms with Gasteiger partial charge in [0, 0.05) is 25.3 Å². The van der Waals surface area contributed by atoms with Gasteiger partial charge in [-0.3, -0.25) is 9.59 Å². The molecule has 0 radical (unpaired) electrons. The van der Waals surface area contributed by atoms with Gasteiger partial charge in [0.1, 0.15) is 0 Å². The largest absolute Gasteiger partial charge is 0.345 e. The van der Waals surface area contributed by atoms with Gasteiger partial charge in [-0.1, -0.05) is 6.07 Å². The first-order valence-electron chi connectivity index (χ1n) is 5.15. The van der Waals surface area contributed by atoms with E-state index in [2.05, 4.69) is 5.32 Å². The smallest absolute Gasteiger partial charge is 0.253 e. The summed E-state index contributed by atoms with van der Waals surface area (Å²) >= 11 is 1.46. The predicted molar refractivity (Wildman–Crippen MR) is 71.5 cm³/mol. The van der Waals surface area contributed by atoms with E-state index < -0.39 is 0 Å². The highest BCUT2D eigenvalue weighted by Gasteiger charge is 2.09. The summed E-state index contributed by atoms with van der Waals surface area (Å²) in [5, 5.41) is 2.75. The third-order valence-electron chi connectivity index (χ3n) is 2.07. The van der Waals surface area contributed by atoms with Crippen LogP contribution in [0.5, 0.6) is 0 Å². The number of nitrogens with one attached hydrogen (secondary N) is 1. The third-order valence-corrected chi connectivity index (χ3v) is 2.63. The van der Waals surface area contributed by atoms with Crippen LogP contribution in [0.4, 0.5) is 5.69 Å². The molecule has 0 saturated carbocycles. The maximum atomic E-state index is 11.7. The van der Waals surface area contributed by atoms with Crippen LogP contribution in [0.2, 0.25) is 0 Å². The van der Waals surface area contributed by atoms with Crippen molar-refractivity contribution in [3.8, 4) is 0 Å². The van der Waals surface area contributed by atoms with Crippen molar-refractivity contribution >= 4 is 29.3 Å². The van der Waals surface area contributed by atoms with Crippen LogP contribution in [-0.4, -0.2) is 42.8 Å². The first-order chi connectivity index (χ1) is 8.04. The van der Waals surface area contributed by atoms with Gasteiger partial charge in [-0.15, -0.1) is 0 Å². The normalized spacial score (nSPS) is 9.82. The maximum absolute atomic E-state index is 11.7. The molecular weight excluding hydrogens is 236 g/mol. The second-order valence-electron chi connectivity index (χ2n) is 3.76. The van der Waals surface area contributed by atoms with E-state index in [1.54, 1.807) is 38.4 Å². The number of carbonyl (C=O) groups excluding carboxylic acids is 2. The Hall–Kier alpha value is -1.49. The van der Waals surface area contributed by atoms with Crippen LogP contribution >= 0.6 is 11.8 Å². The standard InChI is InChI=1S/C12H16N2O2S/c1-14(2)12(16)9-5-4-6-10(7-9)13-11(15)8-17-3/h4-7H,8H2,1-3H3,(H,13,15). The molecule has 17 heavy (non-hydrogen) atoms. The SMILES string of the molecule is CSCC(=O)Nc1cccc(C(=O)N(C)C)c1. The van der Waals surface area contributed by atoms with E-state index >= 15 is 0 Å². The summed E-state index contributed by atoms with van der Waals surface area (Å²) in [7, 11) is 3.39. The van der Waals surface area contributed by atoms with Crippen molar-refractivity contribution in [2.75, 3.05) is 31.4 Å². The zero-order valence-corrected chi connectivity index (χ0v) is 11.0. The highest BCUT2D eigenvalue weighted by Crippen LogP contribution is 2.12. The van der Waals surface area contributed by atoms with E-state index in [9.17, 15) is 9.59 Å². The molecule has 0 unspecified atom stereocenters. The fraction of sp³-hybridized carbons (Fsp3) is 0.333. The van der Waals surface area contributed by atoms with E-state index in [1.165, 1.54) is 16.7 Å². The van der Waals surface area contributed by atoms with Gasteiger partial charge >= 0.3 is 0 Å². The number of rotatable bonds is 4. The minimum absolute atomic E-state index is 0.0630. The summed E-state index contributed by atoms with van der Waals surface area (Å²) in [4.78, 5) is 24.6. The van der Waals surface area contributed by atoms with Crippen molar-refractivity contribution in [3.05, 3.63) is 29.8 Å². The molecule has 0 aliphatic carbocycles. The van der Waals surface area contributed by atoms with Crippen molar-refractivity contribution in [3.63, 3.8) is 0 Å². The summed E-state index contributed by atoms with van der Waals surface area (Å²) in [6.45, 7) is 0. The van der Waals surface area contributed by atoms with Gasteiger partial charge in [-0.05, 0) is 24.5 Å². The Bertz CT molecular complexity index is 419. The summed E-state index contributed by atoms with van der Waals surface area (Å²) in [5.41, 5.74) is 1.22. The Kier molecular flexibility index (Phi) is 5.03. The molecular formula is C12H16N2O2S. The second-order valence-corrected chi connectivity index (χ2v) is 4.63. The lowest BCUT2D eigenvalue weighted by Gasteiger charge is -2.11. The van der Waals surface area contributed by atoms with Crippen molar-refractivity contribution in [1.29, 1.82) is 0 Å². The number of hydrogen-bond donors (Lipinski definition) is 1. The molecule has 92 valence electrons. The summed E-state index contributed by atoms with van der Waals surface area (Å²) < 4.78 is 0. The van der Waals surface area contributed by atoms with Crippen LogP contribution in [0, 0.1) is 0 Å². The number of amides is 2. The van der Waals surface area contributed by atoms with Crippen LogP contribution < -0.4 is 5.32 Å². The average Bonchev–Trinajstić information content (AvgIpc) is 2.28. The number of hydrogen-bond acceptors (Lipinski definition) is 3. The molecule has 0 fully saturated rings. The predicted octanol–water partition coefficient (Wildman–Crippen LogP) is 1.69. The zero-order chi connectivity index (χ0) is 12.8. The van der Waals surface area contributed by atoms with Gasteiger partial charge in [-0.25, -0.2) is 0 Å². The molecule has 1 aromatic rings. The molecule has 1 aromatic carbocycles. The molecule has 1 rings (SSSR count). The summed E-state index contributed by atoms with van der Waals surface area (Å²) in [6, 6.07) is 6.93. The number of carbonyl (C=O) groups is 2. The molecule has 0 spiro atoms. The van der Waals surface area contributed by atoms with E-state index in [4.69, 9.17) is 0 Å². The molecule has 0 heterocycles. The van der Waals surface area contributed by atoms with Crippen LogP contribution in [-0.2, 0) is 4.79 Å². The molecule has 0 aromatic heterocycles. The van der Waals surface area contributed by atoms with Gasteiger partial charge in [0.25, 0.3) is 5.91 Å². The molecule has 0 saturated heterocycles.